The molecular weight excluding hydrogens is 124 g/mol. The highest BCUT2D eigenvalue weighted by Gasteiger charge is 2.05. The molecule has 0 spiro atoms. The molecule has 60 valence electrons. The Bertz CT molecular complexity index is 94.9. The smallest absolute Gasteiger partial charge is 0.0774 e. The molecule has 0 aliphatic rings. The van der Waals surface area contributed by atoms with Crippen LogP contribution in [0.15, 0.2) is 12.2 Å². The summed E-state index contributed by atoms with van der Waals surface area (Å²) in [7, 11) is 1.75. The van der Waals surface area contributed by atoms with E-state index in [0.717, 1.165) is 6.42 Å². The van der Waals surface area contributed by atoms with Crippen molar-refractivity contribution in [3.05, 3.63) is 12.2 Å². The molecule has 1 atom stereocenters. The van der Waals surface area contributed by atoms with Gasteiger partial charge in [0.15, 0.2) is 0 Å². The molecule has 0 aromatic rings. The second kappa shape index (κ2) is 5.48. The molecule has 0 aliphatic heterocycles. The predicted molar refractivity (Wildman–Crippen MR) is 45.1 cm³/mol. The first-order valence-electron chi connectivity index (χ1n) is 3.91. The van der Waals surface area contributed by atoms with Crippen molar-refractivity contribution in [1.29, 1.82) is 0 Å². The zero-order valence-electron chi connectivity index (χ0n) is 7.42. The van der Waals surface area contributed by atoms with Crippen molar-refractivity contribution in [2.24, 2.45) is 5.92 Å². The fourth-order valence-corrected chi connectivity index (χ4v) is 0.843. The third-order valence-corrected chi connectivity index (χ3v) is 1.49. The van der Waals surface area contributed by atoms with Gasteiger partial charge in [0, 0.05) is 7.11 Å². The van der Waals surface area contributed by atoms with Crippen molar-refractivity contribution in [2.75, 3.05) is 7.11 Å². The van der Waals surface area contributed by atoms with Crippen LogP contribution in [-0.2, 0) is 4.74 Å². The lowest BCUT2D eigenvalue weighted by atomic mass is 10.1. The molecule has 0 saturated carbocycles. The normalized spacial score (nSPS) is 14.9. The lowest BCUT2D eigenvalue weighted by Gasteiger charge is -2.14. The molecule has 0 rings (SSSR count). The quantitative estimate of drug-likeness (QED) is 0.548. The minimum absolute atomic E-state index is 0.292. The maximum atomic E-state index is 5.23. The van der Waals surface area contributed by atoms with Crippen molar-refractivity contribution in [3.8, 4) is 0 Å². The monoisotopic (exact) mass is 142 g/mol. The fourth-order valence-electron chi connectivity index (χ4n) is 0.843. The molecule has 0 amide bonds. The van der Waals surface area contributed by atoms with E-state index in [9.17, 15) is 0 Å². The lowest BCUT2D eigenvalue weighted by molar-refractivity contribution is 0.103. The molecule has 0 unspecified atom stereocenters. The van der Waals surface area contributed by atoms with E-state index in [2.05, 4.69) is 32.9 Å². The number of allylic oxidation sites excluding steroid dienone is 1. The van der Waals surface area contributed by atoms with Crippen LogP contribution in [-0.4, -0.2) is 13.2 Å². The predicted octanol–water partition coefficient (Wildman–Crippen LogP) is 2.62. The molecular formula is C9H18O. The Morgan fingerprint density at radius 3 is 2.30 bits per heavy atom. The molecule has 1 heteroatoms. The molecule has 0 radical (unpaired) electrons. The Balaban J connectivity index is 3.71. The van der Waals surface area contributed by atoms with E-state index in [-0.39, 0.29) is 0 Å². The van der Waals surface area contributed by atoms with Gasteiger partial charge >= 0.3 is 0 Å². The molecule has 10 heavy (non-hydrogen) atoms. The molecule has 0 bridgehead atoms. The number of rotatable bonds is 4. The van der Waals surface area contributed by atoms with Crippen LogP contribution >= 0.6 is 0 Å². The molecule has 0 aromatic heterocycles. The number of hydrogen-bond donors (Lipinski definition) is 0. The molecule has 1 nitrogen and oxygen atoms in total. The van der Waals surface area contributed by atoms with E-state index < -0.39 is 0 Å². The Hall–Kier alpha value is -0.300. The van der Waals surface area contributed by atoms with Gasteiger partial charge in [0.1, 0.15) is 0 Å². The van der Waals surface area contributed by atoms with Crippen LogP contribution in [0.4, 0.5) is 0 Å². The number of methoxy groups -OCH3 is 1. The largest absolute Gasteiger partial charge is 0.377 e. The van der Waals surface area contributed by atoms with Crippen molar-refractivity contribution >= 4 is 0 Å². The summed E-state index contributed by atoms with van der Waals surface area (Å²) in [5, 5.41) is 0. The Kier molecular flexibility index (Phi) is 5.32. The maximum Gasteiger partial charge on any atom is 0.0774 e. The summed E-state index contributed by atoms with van der Waals surface area (Å²) in [6.45, 7) is 6.45. The second-order valence-electron chi connectivity index (χ2n) is 2.78. The average molecular weight is 142 g/mol. The summed E-state index contributed by atoms with van der Waals surface area (Å²) in [5.74, 6) is 0.577. The first-order chi connectivity index (χ1) is 4.72. The van der Waals surface area contributed by atoms with E-state index >= 15 is 0 Å². The van der Waals surface area contributed by atoms with E-state index in [4.69, 9.17) is 4.74 Å². The van der Waals surface area contributed by atoms with Crippen molar-refractivity contribution in [1.82, 2.24) is 0 Å². The standard InChI is InChI=1S/C9H18O/c1-5-6-7-9(10-4)8(2)3/h6-9H,5H2,1-4H3/b7-6+/t9-/m0/s1. The highest BCUT2D eigenvalue weighted by atomic mass is 16.5. The first-order valence-corrected chi connectivity index (χ1v) is 3.91. The van der Waals surface area contributed by atoms with Crippen LogP contribution in [0.3, 0.4) is 0 Å². The lowest BCUT2D eigenvalue weighted by Crippen LogP contribution is -2.14. The Labute approximate surface area is 64.1 Å². The third-order valence-electron chi connectivity index (χ3n) is 1.49. The van der Waals surface area contributed by atoms with Gasteiger partial charge in [-0.1, -0.05) is 32.9 Å². The molecule has 0 heterocycles. The van der Waals surface area contributed by atoms with Crippen LogP contribution in [0.2, 0.25) is 0 Å². The molecule has 0 saturated heterocycles. The van der Waals surface area contributed by atoms with Gasteiger partial charge in [-0.25, -0.2) is 0 Å². The zero-order chi connectivity index (χ0) is 7.98. The van der Waals surface area contributed by atoms with Gasteiger partial charge in [0.25, 0.3) is 0 Å². The van der Waals surface area contributed by atoms with Gasteiger partial charge in [0.2, 0.25) is 0 Å². The van der Waals surface area contributed by atoms with Gasteiger partial charge in [-0.2, -0.15) is 0 Å². The van der Waals surface area contributed by atoms with Gasteiger partial charge in [-0.05, 0) is 12.3 Å². The summed E-state index contributed by atoms with van der Waals surface area (Å²) in [6, 6.07) is 0. The summed E-state index contributed by atoms with van der Waals surface area (Å²) >= 11 is 0. The van der Waals surface area contributed by atoms with Crippen LogP contribution in [0.1, 0.15) is 27.2 Å². The van der Waals surface area contributed by atoms with Gasteiger partial charge < -0.3 is 4.74 Å². The number of ether oxygens (including phenoxy) is 1. The molecule has 0 N–H and O–H groups in total. The first kappa shape index (κ1) is 9.70. The van der Waals surface area contributed by atoms with Crippen LogP contribution in [0.25, 0.3) is 0 Å². The second-order valence-corrected chi connectivity index (χ2v) is 2.78. The van der Waals surface area contributed by atoms with Gasteiger partial charge in [-0.3, -0.25) is 0 Å². The van der Waals surface area contributed by atoms with Crippen LogP contribution < -0.4 is 0 Å². The Morgan fingerprint density at radius 1 is 1.40 bits per heavy atom. The minimum Gasteiger partial charge on any atom is -0.377 e. The van der Waals surface area contributed by atoms with Crippen molar-refractivity contribution in [2.45, 2.75) is 33.3 Å². The molecule has 0 aromatic carbocycles. The summed E-state index contributed by atoms with van der Waals surface area (Å²) in [4.78, 5) is 0. The van der Waals surface area contributed by atoms with Crippen LogP contribution in [0.5, 0.6) is 0 Å². The van der Waals surface area contributed by atoms with E-state index in [1.54, 1.807) is 7.11 Å². The third kappa shape index (κ3) is 3.67. The molecule has 0 fully saturated rings. The SMILES string of the molecule is CC/C=C/[C@H](OC)C(C)C. The van der Waals surface area contributed by atoms with Gasteiger partial charge in [-0.15, -0.1) is 0 Å². The summed E-state index contributed by atoms with van der Waals surface area (Å²) in [5.41, 5.74) is 0. The summed E-state index contributed by atoms with van der Waals surface area (Å²) < 4.78 is 5.23. The minimum atomic E-state index is 0.292. The van der Waals surface area contributed by atoms with E-state index in [0.29, 0.717) is 12.0 Å². The van der Waals surface area contributed by atoms with E-state index in [1.165, 1.54) is 0 Å². The summed E-state index contributed by atoms with van der Waals surface area (Å²) in [6.07, 6.45) is 5.66. The molecule has 0 aliphatic carbocycles. The van der Waals surface area contributed by atoms with Gasteiger partial charge in [0.05, 0.1) is 6.10 Å². The Morgan fingerprint density at radius 2 is 2.00 bits per heavy atom. The average Bonchev–Trinajstić information content (AvgIpc) is 1.89. The zero-order valence-corrected chi connectivity index (χ0v) is 7.42. The van der Waals surface area contributed by atoms with Crippen molar-refractivity contribution in [3.63, 3.8) is 0 Å². The maximum absolute atomic E-state index is 5.23. The highest BCUT2D eigenvalue weighted by molar-refractivity contribution is 4.90. The van der Waals surface area contributed by atoms with E-state index in [1.807, 2.05) is 0 Å². The number of hydrogen-bond acceptors (Lipinski definition) is 1. The fraction of sp³-hybridized carbons (Fsp3) is 0.778. The topological polar surface area (TPSA) is 9.23 Å². The highest BCUT2D eigenvalue weighted by Crippen LogP contribution is 2.06. The van der Waals surface area contributed by atoms with Crippen LogP contribution in [0, 0.1) is 5.92 Å². The van der Waals surface area contributed by atoms with Crippen molar-refractivity contribution < 1.29 is 4.74 Å².